The number of nitrogens with one attached hydrogen (secondary N) is 4. The largest absolute Gasteiger partial charge is 0.480 e. The number of thiol groups is 1. The van der Waals surface area contributed by atoms with Gasteiger partial charge in [-0.2, -0.15) is 12.6 Å². The predicted molar refractivity (Wildman–Crippen MR) is 122 cm³/mol. The lowest BCUT2D eigenvalue weighted by Crippen LogP contribution is -2.54. The lowest BCUT2D eigenvalue weighted by atomic mass is 10.0. The molecule has 4 amide bonds. The number of nitrogens with two attached hydrogens (primary N) is 2. The molecule has 2 aromatic rings. The van der Waals surface area contributed by atoms with Gasteiger partial charge in [-0.05, 0) is 11.6 Å². The highest BCUT2D eigenvalue weighted by Gasteiger charge is 2.25. The number of aliphatic carboxylic acids is 1. The fourth-order valence-electron chi connectivity index (χ4n) is 3.04. The Morgan fingerprint density at radius 2 is 1.76 bits per heavy atom. The number of carbonyl (C=O) groups excluding carboxylic acids is 4. The molecule has 0 radical (unpaired) electrons. The van der Waals surface area contributed by atoms with Gasteiger partial charge < -0.3 is 37.5 Å². The van der Waals surface area contributed by atoms with Crippen LogP contribution in [0.2, 0.25) is 0 Å². The maximum Gasteiger partial charge on any atom is 0.326 e. The number of para-hydroxylation sites is 1. The number of carboxylic acids is 1. The molecule has 0 aliphatic carbocycles. The Bertz CT molecular complexity index is 1040. The Morgan fingerprint density at radius 3 is 2.39 bits per heavy atom. The molecule has 1 aromatic carbocycles. The highest BCUT2D eigenvalue weighted by molar-refractivity contribution is 7.80. The van der Waals surface area contributed by atoms with Gasteiger partial charge in [-0.1, -0.05) is 18.2 Å². The SMILES string of the molecule is NC(=O)CC(N)C(=O)NC(CS)C(=O)NCC(=O)NC(Cc1c[nH]c2ccccc12)C(=O)O. The van der Waals surface area contributed by atoms with Crippen molar-refractivity contribution in [2.24, 2.45) is 11.5 Å². The molecule has 13 heteroatoms. The molecule has 0 aliphatic heterocycles. The van der Waals surface area contributed by atoms with Crippen molar-refractivity contribution in [2.75, 3.05) is 12.3 Å². The van der Waals surface area contributed by atoms with Crippen LogP contribution in [-0.4, -0.2) is 70.1 Å². The molecule has 0 saturated heterocycles. The first kappa shape index (κ1) is 25.7. The molecule has 1 heterocycles. The first-order valence-corrected chi connectivity index (χ1v) is 10.6. The molecule has 0 fully saturated rings. The summed E-state index contributed by atoms with van der Waals surface area (Å²) in [7, 11) is 0. The average Bonchev–Trinajstić information content (AvgIpc) is 3.17. The quantitative estimate of drug-likeness (QED) is 0.161. The average molecular weight is 479 g/mol. The molecule has 1 aromatic heterocycles. The van der Waals surface area contributed by atoms with E-state index in [-0.39, 0.29) is 12.2 Å². The number of hydrogen-bond acceptors (Lipinski definition) is 7. The molecule has 12 nitrogen and oxygen atoms in total. The second-order valence-corrected chi connectivity index (χ2v) is 7.63. The van der Waals surface area contributed by atoms with Crippen LogP contribution in [0.4, 0.5) is 0 Å². The van der Waals surface area contributed by atoms with Crippen molar-refractivity contribution in [2.45, 2.75) is 31.0 Å². The van der Waals surface area contributed by atoms with E-state index in [0.717, 1.165) is 10.9 Å². The maximum absolute atomic E-state index is 12.3. The van der Waals surface area contributed by atoms with Gasteiger partial charge in [0.05, 0.1) is 19.0 Å². The minimum Gasteiger partial charge on any atom is -0.480 e. The highest BCUT2D eigenvalue weighted by Crippen LogP contribution is 2.19. The number of carbonyl (C=O) groups is 5. The molecule has 33 heavy (non-hydrogen) atoms. The first-order chi connectivity index (χ1) is 15.6. The van der Waals surface area contributed by atoms with E-state index in [1.807, 2.05) is 24.3 Å². The Balaban J connectivity index is 1.90. The minimum atomic E-state index is -1.23. The summed E-state index contributed by atoms with van der Waals surface area (Å²) in [5, 5.41) is 17.3. The number of primary amides is 1. The van der Waals surface area contributed by atoms with Crippen molar-refractivity contribution in [3.05, 3.63) is 36.0 Å². The molecule has 3 atom stereocenters. The third-order valence-electron chi connectivity index (χ3n) is 4.73. The smallest absolute Gasteiger partial charge is 0.326 e. The molecule has 178 valence electrons. The van der Waals surface area contributed by atoms with Crippen LogP contribution in [0.1, 0.15) is 12.0 Å². The molecule has 0 saturated carbocycles. The van der Waals surface area contributed by atoms with Crippen molar-refractivity contribution >= 4 is 53.1 Å². The summed E-state index contributed by atoms with van der Waals surface area (Å²) >= 11 is 3.98. The number of benzene rings is 1. The zero-order valence-corrected chi connectivity index (χ0v) is 18.4. The zero-order chi connectivity index (χ0) is 24.5. The number of fused-ring (bicyclic) bond motifs is 1. The Labute approximate surface area is 194 Å². The van der Waals surface area contributed by atoms with E-state index in [4.69, 9.17) is 11.5 Å². The van der Waals surface area contributed by atoms with E-state index in [1.54, 1.807) is 6.20 Å². The van der Waals surface area contributed by atoms with Crippen LogP contribution < -0.4 is 27.4 Å². The van der Waals surface area contributed by atoms with E-state index in [0.29, 0.717) is 5.56 Å². The van der Waals surface area contributed by atoms with Gasteiger partial charge in [0, 0.05) is 29.3 Å². The van der Waals surface area contributed by atoms with Gasteiger partial charge in [-0.25, -0.2) is 4.79 Å². The Morgan fingerprint density at radius 1 is 1.06 bits per heavy atom. The fraction of sp³-hybridized carbons (Fsp3) is 0.350. The molecule has 0 spiro atoms. The van der Waals surface area contributed by atoms with Gasteiger partial charge in [-0.15, -0.1) is 0 Å². The van der Waals surface area contributed by atoms with E-state index >= 15 is 0 Å². The van der Waals surface area contributed by atoms with Crippen molar-refractivity contribution in [3.8, 4) is 0 Å². The summed E-state index contributed by atoms with van der Waals surface area (Å²) in [5.41, 5.74) is 12.1. The van der Waals surface area contributed by atoms with Crippen LogP contribution in [0.15, 0.2) is 30.5 Å². The molecule has 0 aliphatic rings. The van der Waals surface area contributed by atoms with Crippen molar-refractivity contribution in [1.82, 2.24) is 20.9 Å². The number of H-pyrrole nitrogens is 1. The van der Waals surface area contributed by atoms with Gasteiger partial charge in [-0.3, -0.25) is 19.2 Å². The summed E-state index contributed by atoms with van der Waals surface area (Å²) < 4.78 is 0. The topological polar surface area (TPSA) is 209 Å². The molecule has 0 bridgehead atoms. The number of carboxylic acid groups (broad SMARTS) is 1. The Hall–Kier alpha value is -3.58. The van der Waals surface area contributed by atoms with Crippen LogP contribution in [0.25, 0.3) is 10.9 Å². The van der Waals surface area contributed by atoms with E-state index in [1.165, 1.54) is 0 Å². The van der Waals surface area contributed by atoms with Gasteiger partial charge in [0.25, 0.3) is 0 Å². The fourth-order valence-corrected chi connectivity index (χ4v) is 3.30. The minimum absolute atomic E-state index is 0.0338. The number of aromatic nitrogens is 1. The summed E-state index contributed by atoms with van der Waals surface area (Å²) in [4.78, 5) is 62.0. The first-order valence-electron chi connectivity index (χ1n) is 9.92. The summed E-state index contributed by atoms with van der Waals surface area (Å²) in [6.45, 7) is -0.524. The summed E-state index contributed by atoms with van der Waals surface area (Å²) in [6.07, 6.45) is 1.31. The van der Waals surface area contributed by atoms with E-state index in [9.17, 15) is 29.1 Å². The van der Waals surface area contributed by atoms with Crippen LogP contribution in [0.3, 0.4) is 0 Å². The monoisotopic (exact) mass is 478 g/mol. The standard InChI is InChI=1S/C20H26N6O6S/c21-12(6-16(22)27)18(29)26-15(9-33)19(30)24-8-17(28)25-14(20(31)32)5-10-7-23-13-4-2-1-3-11(10)13/h1-4,7,12,14-15,23,33H,5-6,8-9,21H2,(H2,22,27)(H,24,30)(H,25,28)(H,26,29)(H,31,32). The lowest BCUT2D eigenvalue weighted by molar-refractivity contribution is -0.141. The van der Waals surface area contributed by atoms with E-state index in [2.05, 4.69) is 33.6 Å². The molecule has 2 rings (SSSR count). The Kier molecular flexibility index (Phi) is 9.24. The van der Waals surface area contributed by atoms with Gasteiger partial charge in [0.2, 0.25) is 23.6 Å². The van der Waals surface area contributed by atoms with Crippen LogP contribution >= 0.6 is 12.6 Å². The molecule has 3 unspecified atom stereocenters. The van der Waals surface area contributed by atoms with Crippen LogP contribution in [-0.2, 0) is 30.4 Å². The van der Waals surface area contributed by atoms with Crippen LogP contribution in [0.5, 0.6) is 0 Å². The third-order valence-corrected chi connectivity index (χ3v) is 5.09. The number of rotatable bonds is 12. The highest BCUT2D eigenvalue weighted by atomic mass is 32.1. The van der Waals surface area contributed by atoms with Gasteiger partial charge >= 0.3 is 5.97 Å². The normalized spacial score (nSPS) is 13.5. The number of amides is 4. The second kappa shape index (κ2) is 11.9. The molecule has 9 N–H and O–H groups in total. The van der Waals surface area contributed by atoms with Crippen molar-refractivity contribution in [3.63, 3.8) is 0 Å². The predicted octanol–water partition coefficient (Wildman–Crippen LogP) is -1.99. The molecular weight excluding hydrogens is 452 g/mol. The van der Waals surface area contributed by atoms with Crippen LogP contribution in [0, 0.1) is 0 Å². The number of hydrogen-bond donors (Lipinski definition) is 8. The molecular formula is C20H26N6O6S. The lowest BCUT2D eigenvalue weighted by Gasteiger charge is -2.19. The van der Waals surface area contributed by atoms with Crippen molar-refractivity contribution < 1.29 is 29.1 Å². The summed E-state index contributed by atoms with van der Waals surface area (Å²) in [5.74, 6) is -4.36. The van der Waals surface area contributed by atoms with Crippen molar-refractivity contribution in [1.29, 1.82) is 0 Å². The van der Waals surface area contributed by atoms with E-state index < -0.39 is 60.7 Å². The zero-order valence-electron chi connectivity index (χ0n) is 17.5. The number of aromatic amines is 1. The summed E-state index contributed by atoms with van der Waals surface area (Å²) in [6, 6.07) is 3.76. The maximum atomic E-state index is 12.3. The second-order valence-electron chi connectivity index (χ2n) is 7.26. The third kappa shape index (κ3) is 7.50. The van der Waals surface area contributed by atoms with Gasteiger partial charge in [0.15, 0.2) is 0 Å². The van der Waals surface area contributed by atoms with Gasteiger partial charge in [0.1, 0.15) is 12.1 Å².